The van der Waals surface area contributed by atoms with Crippen LogP contribution in [0.25, 0.3) is 11.3 Å². The Labute approximate surface area is 168 Å². The maximum atomic E-state index is 5.70. The van der Waals surface area contributed by atoms with Crippen molar-refractivity contribution in [2.75, 3.05) is 45.4 Å². The molecule has 1 aromatic heterocycles. The molecule has 0 aliphatic rings. The average Bonchev–Trinajstić information content (AvgIpc) is 3.11. The number of ether oxygens (including phenoxy) is 3. The van der Waals surface area contributed by atoms with E-state index in [-0.39, 0.29) is 0 Å². The molecule has 0 amide bonds. The summed E-state index contributed by atoms with van der Waals surface area (Å²) in [5.74, 6) is 0. The minimum atomic E-state index is 0.376. The van der Waals surface area contributed by atoms with Gasteiger partial charge in [0.2, 0.25) is 0 Å². The Kier molecular flexibility index (Phi) is 9.40. The van der Waals surface area contributed by atoms with Crippen molar-refractivity contribution in [2.24, 2.45) is 5.41 Å². The van der Waals surface area contributed by atoms with E-state index in [1.165, 1.54) is 6.42 Å². The zero-order valence-corrected chi connectivity index (χ0v) is 17.4. The quantitative estimate of drug-likeness (QED) is 0.417. The van der Waals surface area contributed by atoms with E-state index in [0.717, 1.165) is 30.0 Å². The van der Waals surface area contributed by atoms with E-state index in [1.54, 1.807) is 4.68 Å². The second kappa shape index (κ2) is 11.8. The van der Waals surface area contributed by atoms with Gasteiger partial charge in [-0.05, 0) is 30.4 Å². The van der Waals surface area contributed by atoms with Crippen molar-refractivity contribution in [3.8, 4) is 11.3 Å². The van der Waals surface area contributed by atoms with Crippen molar-refractivity contribution in [1.29, 1.82) is 0 Å². The van der Waals surface area contributed by atoms with Gasteiger partial charge in [0.15, 0.2) is 0 Å². The van der Waals surface area contributed by atoms with Crippen LogP contribution in [0.4, 0.5) is 5.69 Å². The largest absolute Gasteiger partial charge is 0.399 e. The first-order valence-electron chi connectivity index (χ1n) is 9.93. The van der Waals surface area contributed by atoms with Crippen LogP contribution >= 0.6 is 0 Å². The third-order valence-corrected chi connectivity index (χ3v) is 4.17. The lowest BCUT2D eigenvalue weighted by Gasteiger charge is -2.17. The van der Waals surface area contributed by atoms with Crippen molar-refractivity contribution in [2.45, 2.75) is 40.2 Å². The fourth-order valence-corrected chi connectivity index (χ4v) is 2.60. The smallest absolute Gasteiger partial charge is 0.113 e. The predicted octanol–water partition coefficient (Wildman–Crippen LogP) is 3.40. The molecule has 7 nitrogen and oxygen atoms in total. The lowest BCUT2D eigenvalue weighted by Crippen LogP contribution is -2.13. The minimum absolute atomic E-state index is 0.376. The molecule has 0 aliphatic heterocycles. The third kappa shape index (κ3) is 9.30. The van der Waals surface area contributed by atoms with Crippen LogP contribution in [0.5, 0.6) is 0 Å². The molecule has 7 heteroatoms. The highest BCUT2D eigenvalue weighted by Gasteiger charge is 2.08. The molecule has 1 aromatic carbocycles. The molecule has 0 atom stereocenters. The summed E-state index contributed by atoms with van der Waals surface area (Å²) in [6.07, 6.45) is 4.17. The van der Waals surface area contributed by atoms with Gasteiger partial charge < -0.3 is 19.9 Å². The topological polar surface area (TPSA) is 84.4 Å². The van der Waals surface area contributed by atoms with Gasteiger partial charge in [-0.2, -0.15) is 0 Å². The zero-order valence-electron chi connectivity index (χ0n) is 17.4. The summed E-state index contributed by atoms with van der Waals surface area (Å²) in [5, 5.41) is 8.30. The number of nitrogen functional groups attached to an aromatic ring is 1. The highest BCUT2D eigenvalue weighted by atomic mass is 16.5. The normalized spacial score (nSPS) is 11.8. The van der Waals surface area contributed by atoms with E-state index < -0.39 is 0 Å². The highest BCUT2D eigenvalue weighted by molar-refractivity contribution is 5.60. The van der Waals surface area contributed by atoms with Gasteiger partial charge in [-0.3, -0.25) is 0 Å². The molecule has 2 aromatic rings. The maximum Gasteiger partial charge on any atom is 0.113 e. The molecule has 28 heavy (non-hydrogen) atoms. The second-order valence-corrected chi connectivity index (χ2v) is 7.99. The van der Waals surface area contributed by atoms with E-state index in [0.29, 0.717) is 45.0 Å². The number of benzene rings is 1. The molecule has 0 spiro atoms. The van der Waals surface area contributed by atoms with Gasteiger partial charge in [0, 0.05) is 17.9 Å². The van der Waals surface area contributed by atoms with Gasteiger partial charge in [-0.15, -0.1) is 5.10 Å². The zero-order chi connectivity index (χ0) is 20.2. The number of nitrogens with zero attached hydrogens (tertiary/aromatic N) is 3. The van der Waals surface area contributed by atoms with Crippen LogP contribution in [0.3, 0.4) is 0 Å². The van der Waals surface area contributed by atoms with Crippen LogP contribution in [-0.4, -0.2) is 54.6 Å². The van der Waals surface area contributed by atoms with Crippen LogP contribution < -0.4 is 5.73 Å². The summed E-state index contributed by atoms with van der Waals surface area (Å²) in [5.41, 5.74) is 8.63. The molecule has 0 bridgehead atoms. The third-order valence-electron chi connectivity index (χ3n) is 4.17. The Morgan fingerprint density at radius 1 is 0.893 bits per heavy atom. The number of aromatic nitrogens is 3. The number of nitrogens with two attached hydrogens (primary N) is 1. The molecule has 2 rings (SSSR count). The molecule has 0 unspecified atom stereocenters. The minimum Gasteiger partial charge on any atom is -0.399 e. The monoisotopic (exact) mass is 390 g/mol. The number of anilines is 1. The molecule has 2 N–H and O–H groups in total. The summed E-state index contributed by atoms with van der Waals surface area (Å²) >= 11 is 0. The van der Waals surface area contributed by atoms with Crippen LogP contribution in [0.15, 0.2) is 30.5 Å². The van der Waals surface area contributed by atoms with Crippen LogP contribution in [0.2, 0.25) is 0 Å². The molecular weight excluding hydrogens is 356 g/mol. The summed E-state index contributed by atoms with van der Waals surface area (Å²) < 4.78 is 18.4. The number of rotatable bonds is 13. The molecule has 0 saturated carbocycles. The maximum absolute atomic E-state index is 5.70. The van der Waals surface area contributed by atoms with E-state index in [1.807, 2.05) is 30.5 Å². The molecule has 1 heterocycles. The lowest BCUT2D eigenvalue weighted by atomic mass is 9.91. The Bertz CT molecular complexity index is 665. The Hall–Kier alpha value is -1.96. The van der Waals surface area contributed by atoms with Gasteiger partial charge >= 0.3 is 0 Å². The molecule has 156 valence electrons. The highest BCUT2D eigenvalue weighted by Crippen LogP contribution is 2.20. The van der Waals surface area contributed by atoms with Gasteiger partial charge in [0.1, 0.15) is 5.69 Å². The second-order valence-electron chi connectivity index (χ2n) is 7.99. The van der Waals surface area contributed by atoms with E-state index in [9.17, 15) is 0 Å². The van der Waals surface area contributed by atoms with E-state index in [4.69, 9.17) is 19.9 Å². The van der Waals surface area contributed by atoms with Crippen LogP contribution in [0.1, 0.15) is 33.6 Å². The molecular formula is C21H34N4O3. The Morgan fingerprint density at radius 2 is 1.50 bits per heavy atom. The molecule has 0 aliphatic carbocycles. The Morgan fingerprint density at radius 3 is 2.14 bits per heavy atom. The van der Waals surface area contributed by atoms with Gasteiger partial charge in [-0.1, -0.05) is 38.1 Å². The first-order valence-corrected chi connectivity index (χ1v) is 9.93. The van der Waals surface area contributed by atoms with Crippen molar-refractivity contribution < 1.29 is 14.2 Å². The molecule has 0 radical (unpaired) electrons. The van der Waals surface area contributed by atoms with Crippen molar-refractivity contribution >= 4 is 5.69 Å². The fraction of sp³-hybridized carbons (Fsp3) is 0.619. The lowest BCUT2D eigenvalue weighted by molar-refractivity contribution is 0.0113. The van der Waals surface area contributed by atoms with Gasteiger partial charge in [0.05, 0.1) is 45.8 Å². The first kappa shape index (κ1) is 22.3. The predicted molar refractivity (Wildman–Crippen MR) is 111 cm³/mol. The number of hydrogen-bond acceptors (Lipinski definition) is 6. The first-order chi connectivity index (χ1) is 13.4. The number of hydrogen-bond donors (Lipinski definition) is 1. The summed E-state index contributed by atoms with van der Waals surface area (Å²) in [6.45, 7) is 11.1. The van der Waals surface area contributed by atoms with Gasteiger partial charge in [0.25, 0.3) is 0 Å². The summed E-state index contributed by atoms with van der Waals surface area (Å²) in [4.78, 5) is 0. The van der Waals surface area contributed by atoms with E-state index >= 15 is 0 Å². The van der Waals surface area contributed by atoms with Gasteiger partial charge in [-0.25, -0.2) is 4.68 Å². The molecule has 0 fully saturated rings. The molecule has 0 saturated heterocycles. The SMILES string of the molecule is CC(C)(C)CCCOCCOCCOCCn1cc(-c2ccc(N)cc2)nn1. The van der Waals surface area contributed by atoms with Crippen LogP contribution in [-0.2, 0) is 20.8 Å². The van der Waals surface area contributed by atoms with Crippen molar-refractivity contribution in [1.82, 2.24) is 15.0 Å². The standard InChI is InChI=1S/C21H34N4O3/c1-21(2,3)9-4-11-26-13-15-28-16-14-27-12-10-25-17-20(23-24-25)18-5-7-19(22)8-6-18/h5-8,17H,4,9-16,22H2,1-3H3. The summed E-state index contributed by atoms with van der Waals surface area (Å²) in [6, 6.07) is 7.58. The van der Waals surface area contributed by atoms with Crippen molar-refractivity contribution in [3.63, 3.8) is 0 Å². The average molecular weight is 391 g/mol. The summed E-state index contributed by atoms with van der Waals surface area (Å²) in [7, 11) is 0. The van der Waals surface area contributed by atoms with E-state index in [2.05, 4.69) is 31.1 Å². The van der Waals surface area contributed by atoms with Crippen LogP contribution in [0, 0.1) is 5.41 Å². The fourth-order valence-electron chi connectivity index (χ4n) is 2.60. The Balaban J connectivity index is 1.45. The van der Waals surface area contributed by atoms with Crippen molar-refractivity contribution in [3.05, 3.63) is 30.5 Å².